The lowest BCUT2D eigenvalue weighted by Gasteiger charge is -2.32. The second-order valence-corrected chi connectivity index (χ2v) is 4.45. The number of hydrogen-bond donors (Lipinski definition) is 1. The van der Waals surface area contributed by atoms with Gasteiger partial charge in [-0.1, -0.05) is 36.4 Å². The van der Waals surface area contributed by atoms with Crippen LogP contribution in [0.1, 0.15) is 5.56 Å². The maximum absolute atomic E-state index is 6.06. The Hall–Kier alpha value is -2.16. The molecule has 3 nitrogen and oxygen atoms in total. The predicted molar refractivity (Wildman–Crippen MR) is 73.8 cm³/mol. The van der Waals surface area contributed by atoms with Crippen LogP contribution in [0.4, 0.5) is 11.4 Å². The monoisotopic (exact) mass is 240 g/mol. The summed E-state index contributed by atoms with van der Waals surface area (Å²) in [7, 11) is 0. The number of ether oxygens (including phenoxy) is 1. The van der Waals surface area contributed by atoms with E-state index in [1.807, 2.05) is 24.3 Å². The fourth-order valence-corrected chi connectivity index (χ4v) is 2.33. The van der Waals surface area contributed by atoms with Gasteiger partial charge in [0.25, 0.3) is 0 Å². The van der Waals surface area contributed by atoms with E-state index in [2.05, 4.69) is 29.2 Å². The van der Waals surface area contributed by atoms with E-state index in [-0.39, 0.29) is 0 Å². The van der Waals surface area contributed by atoms with Gasteiger partial charge in [0, 0.05) is 6.54 Å². The lowest BCUT2D eigenvalue weighted by atomic mass is 10.1. The zero-order chi connectivity index (χ0) is 12.4. The van der Waals surface area contributed by atoms with E-state index in [0.717, 1.165) is 30.2 Å². The molecule has 0 saturated carbocycles. The summed E-state index contributed by atoms with van der Waals surface area (Å²) >= 11 is 0. The van der Waals surface area contributed by atoms with Crippen molar-refractivity contribution in [1.29, 1.82) is 0 Å². The Morgan fingerprint density at radius 3 is 2.72 bits per heavy atom. The number of benzene rings is 2. The highest BCUT2D eigenvalue weighted by Crippen LogP contribution is 2.37. The first-order chi connectivity index (χ1) is 8.84. The van der Waals surface area contributed by atoms with Gasteiger partial charge in [0.15, 0.2) is 0 Å². The molecule has 2 aromatic rings. The topological polar surface area (TPSA) is 38.5 Å². The molecule has 2 aromatic carbocycles. The van der Waals surface area contributed by atoms with Crippen LogP contribution in [0.2, 0.25) is 0 Å². The van der Waals surface area contributed by atoms with Crippen molar-refractivity contribution in [3.05, 3.63) is 54.1 Å². The number of anilines is 2. The van der Waals surface area contributed by atoms with Crippen molar-refractivity contribution in [3.8, 4) is 5.75 Å². The lowest BCUT2D eigenvalue weighted by Crippen LogP contribution is -2.32. The van der Waals surface area contributed by atoms with E-state index in [1.165, 1.54) is 5.56 Å². The van der Waals surface area contributed by atoms with Crippen molar-refractivity contribution < 1.29 is 4.74 Å². The molecular formula is C15H16N2O. The quantitative estimate of drug-likeness (QED) is 0.820. The van der Waals surface area contributed by atoms with E-state index in [4.69, 9.17) is 10.5 Å². The molecule has 0 fully saturated rings. The third-order valence-corrected chi connectivity index (χ3v) is 3.18. The minimum atomic E-state index is 0.712. The van der Waals surface area contributed by atoms with Gasteiger partial charge in [0.1, 0.15) is 18.0 Å². The second-order valence-electron chi connectivity index (χ2n) is 4.45. The van der Waals surface area contributed by atoms with Gasteiger partial charge in [-0.15, -0.1) is 0 Å². The molecule has 92 valence electrons. The van der Waals surface area contributed by atoms with Crippen LogP contribution in [-0.2, 0) is 6.54 Å². The Labute approximate surface area is 107 Å². The van der Waals surface area contributed by atoms with Gasteiger partial charge in [-0.3, -0.25) is 0 Å². The average Bonchev–Trinajstić information content (AvgIpc) is 2.40. The second kappa shape index (κ2) is 4.61. The normalized spacial score (nSPS) is 13.9. The van der Waals surface area contributed by atoms with Crippen molar-refractivity contribution in [2.45, 2.75) is 6.54 Å². The van der Waals surface area contributed by atoms with Crippen LogP contribution in [0.25, 0.3) is 0 Å². The highest BCUT2D eigenvalue weighted by Gasteiger charge is 2.20. The number of nitrogens with two attached hydrogens (primary N) is 1. The zero-order valence-corrected chi connectivity index (χ0v) is 10.2. The minimum absolute atomic E-state index is 0.712. The lowest BCUT2D eigenvalue weighted by molar-refractivity contribution is 0.307. The third kappa shape index (κ3) is 1.99. The van der Waals surface area contributed by atoms with Crippen LogP contribution in [0.5, 0.6) is 5.75 Å². The van der Waals surface area contributed by atoms with E-state index in [0.29, 0.717) is 6.61 Å². The van der Waals surface area contributed by atoms with Gasteiger partial charge in [-0.05, 0) is 17.7 Å². The van der Waals surface area contributed by atoms with Crippen LogP contribution >= 0.6 is 0 Å². The average molecular weight is 240 g/mol. The zero-order valence-electron chi connectivity index (χ0n) is 10.2. The molecule has 0 aromatic heterocycles. The van der Waals surface area contributed by atoms with Crippen LogP contribution in [0.15, 0.2) is 48.5 Å². The maximum atomic E-state index is 6.06. The van der Waals surface area contributed by atoms with E-state index in [9.17, 15) is 0 Å². The van der Waals surface area contributed by atoms with Gasteiger partial charge >= 0.3 is 0 Å². The van der Waals surface area contributed by atoms with Gasteiger partial charge < -0.3 is 15.4 Å². The fraction of sp³-hybridized carbons (Fsp3) is 0.200. The first-order valence-electron chi connectivity index (χ1n) is 6.15. The summed E-state index contributed by atoms with van der Waals surface area (Å²) in [5.74, 6) is 0.886. The summed E-state index contributed by atoms with van der Waals surface area (Å²) in [6, 6.07) is 16.2. The van der Waals surface area contributed by atoms with Gasteiger partial charge in [0.2, 0.25) is 0 Å². The van der Waals surface area contributed by atoms with Crippen molar-refractivity contribution in [2.24, 2.45) is 0 Å². The summed E-state index contributed by atoms with van der Waals surface area (Å²) in [5, 5.41) is 0. The van der Waals surface area contributed by atoms with Crippen LogP contribution in [0, 0.1) is 0 Å². The Balaban J connectivity index is 1.92. The highest BCUT2D eigenvalue weighted by molar-refractivity contribution is 5.75. The molecule has 18 heavy (non-hydrogen) atoms. The highest BCUT2D eigenvalue weighted by atomic mass is 16.5. The molecule has 2 N–H and O–H groups in total. The molecule has 3 rings (SSSR count). The maximum Gasteiger partial charge on any atom is 0.144 e. The predicted octanol–water partition coefficient (Wildman–Crippen LogP) is 2.67. The molecule has 0 saturated heterocycles. The fourth-order valence-electron chi connectivity index (χ4n) is 2.33. The number of nitrogens with zero attached hydrogens (tertiary/aromatic N) is 1. The summed E-state index contributed by atoms with van der Waals surface area (Å²) in [6.45, 7) is 2.45. The molecule has 1 aliphatic rings. The van der Waals surface area contributed by atoms with E-state index >= 15 is 0 Å². The number of para-hydroxylation sites is 1. The van der Waals surface area contributed by atoms with Crippen molar-refractivity contribution in [1.82, 2.24) is 0 Å². The first kappa shape index (κ1) is 11.0. The van der Waals surface area contributed by atoms with Gasteiger partial charge in [-0.25, -0.2) is 0 Å². The molecule has 3 heteroatoms. The van der Waals surface area contributed by atoms with Crippen LogP contribution in [0.3, 0.4) is 0 Å². The number of fused-ring (bicyclic) bond motifs is 1. The molecule has 0 unspecified atom stereocenters. The number of rotatable bonds is 2. The Morgan fingerprint density at radius 2 is 1.89 bits per heavy atom. The van der Waals surface area contributed by atoms with Crippen molar-refractivity contribution in [3.63, 3.8) is 0 Å². The minimum Gasteiger partial charge on any atom is -0.489 e. The van der Waals surface area contributed by atoms with Crippen LogP contribution < -0.4 is 15.4 Å². The molecule has 0 atom stereocenters. The first-order valence-corrected chi connectivity index (χ1v) is 6.15. The SMILES string of the molecule is Nc1cccc2c1N(Cc1ccccc1)CCO2. The smallest absolute Gasteiger partial charge is 0.144 e. The molecule has 0 radical (unpaired) electrons. The van der Waals surface area contributed by atoms with Gasteiger partial charge in [0.05, 0.1) is 12.2 Å². The number of nitrogen functional groups attached to an aromatic ring is 1. The van der Waals surface area contributed by atoms with Crippen molar-refractivity contribution in [2.75, 3.05) is 23.8 Å². The van der Waals surface area contributed by atoms with E-state index < -0.39 is 0 Å². The molecule has 0 bridgehead atoms. The van der Waals surface area contributed by atoms with Gasteiger partial charge in [-0.2, -0.15) is 0 Å². The van der Waals surface area contributed by atoms with E-state index in [1.54, 1.807) is 0 Å². The van der Waals surface area contributed by atoms with Crippen molar-refractivity contribution >= 4 is 11.4 Å². The summed E-state index contributed by atoms with van der Waals surface area (Å²) in [4.78, 5) is 2.28. The summed E-state index contributed by atoms with van der Waals surface area (Å²) in [6.07, 6.45) is 0. The molecule has 1 aliphatic heterocycles. The summed E-state index contributed by atoms with van der Waals surface area (Å²) < 4.78 is 5.65. The molecule has 0 aliphatic carbocycles. The third-order valence-electron chi connectivity index (χ3n) is 3.18. The Bertz CT molecular complexity index is 539. The number of hydrogen-bond acceptors (Lipinski definition) is 3. The Morgan fingerprint density at radius 1 is 1.06 bits per heavy atom. The standard InChI is InChI=1S/C15H16N2O/c16-13-7-4-8-14-15(13)17(9-10-18-14)11-12-5-2-1-3-6-12/h1-8H,9-11,16H2. The van der Waals surface area contributed by atoms with Crippen LogP contribution in [-0.4, -0.2) is 13.2 Å². The largest absolute Gasteiger partial charge is 0.489 e. The molecule has 0 spiro atoms. The molecular weight excluding hydrogens is 224 g/mol. The summed E-state index contributed by atoms with van der Waals surface area (Å²) in [5.41, 5.74) is 9.15. The molecule has 0 amide bonds. The molecule has 1 heterocycles. The Kier molecular flexibility index (Phi) is 2.81.